The van der Waals surface area contributed by atoms with Crippen LogP contribution in [0.4, 0.5) is 11.6 Å². The molecule has 0 saturated carbocycles. The topological polar surface area (TPSA) is 80.1 Å². The largest absolute Gasteiger partial charge is 0.353 e. The van der Waals surface area contributed by atoms with E-state index in [-0.39, 0.29) is 17.7 Å². The predicted molar refractivity (Wildman–Crippen MR) is 115 cm³/mol. The van der Waals surface area contributed by atoms with E-state index in [0.717, 1.165) is 23.3 Å². The van der Waals surface area contributed by atoms with E-state index in [2.05, 4.69) is 71.2 Å². The lowest BCUT2D eigenvalue weighted by Crippen LogP contribution is -2.27. The lowest BCUT2D eigenvalue weighted by molar-refractivity contribution is -0.116. The molecule has 1 aliphatic carbocycles. The zero-order valence-corrected chi connectivity index (χ0v) is 17.1. The molecule has 6 heteroatoms. The first-order chi connectivity index (χ1) is 14.6. The van der Waals surface area contributed by atoms with Gasteiger partial charge in [0.1, 0.15) is 0 Å². The van der Waals surface area contributed by atoms with Crippen LogP contribution in [0.15, 0.2) is 70.5 Å². The summed E-state index contributed by atoms with van der Waals surface area (Å²) in [5.74, 6) is 1.77. The number of nitrogens with zero attached hydrogens (tertiary/aromatic N) is 2. The second-order valence-electron chi connectivity index (χ2n) is 8.32. The Bertz CT molecular complexity index is 1100. The molecule has 1 aromatic heterocycles. The predicted octanol–water partition coefficient (Wildman–Crippen LogP) is 5.17. The van der Waals surface area contributed by atoms with Crippen molar-refractivity contribution in [3.8, 4) is 0 Å². The Balaban J connectivity index is 1.57. The minimum absolute atomic E-state index is 0.135. The number of rotatable bonds is 3. The molecule has 2 heterocycles. The van der Waals surface area contributed by atoms with E-state index in [4.69, 9.17) is 4.63 Å². The molecule has 2 aliphatic rings. The molecule has 0 fully saturated rings. The molecule has 2 N–H and O–H groups in total. The van der Waals surface area contributed by atoms with Crippen molar-refractivity contribution < 1.29 is 9.42 Å². The minimum Gasteiger partial charge on any atom is -0.353 e. The number of anilines is 2. The third kappa shape index (κ3) is 3.28. The zero-order chi connectivity index (χ0) is 20.7. The van der Waals surface area contributed by atoms with Crippen LogP contribution >= 0.6 is 0 Å². The van der Waals surface area contributed by atoms with Crippen molar-refractivity contribution in [3.63, 3.8) is 0 Å². The van der Waals surface area contributed by atoms with Crippen molar-refractivity contribution in [3.05, 3.63) is 82.6 Å². The molecule has 0 amide bonds. The zero-order valence-electron chi connectivity index (χ0n) is 17.1. The highest BCUT2D eigenvalue weighted by Gasteiger charge is 2.37. The maximum atomic E-state index is 13.4. The number of carbonyl (C=O) groups excluding carboxylic acids is 1. The molecule has 2 unspecified atom stereocenters. The Hall–Kier alpha value is -3.41. The van der Waals surface area contributed by atoms with Crippen LogP contribution in [0.1, 0.15) is 61.3 Å². The van der Waals surface area contributed by atoms with Gasteiger partial charge in [0.2, 0.25) is 11.6 Å². The summed E-state index contributed by atoms with van der Waals surface area (Å²) in [5.41, 5.74) is 5.12. The molecule has 0 spiro atoms. The molecule has 0 bridgehead atoms. The summed E-state index contributed by atoms with van der Waals surface area (Å²) in [6, 6.07) is 18.3. The highest BCUT2D eigenvalue weighted by molar-refractivity contribution is 6.00. The fourth-order valence-electron chi connectivity index (χ4n) is 4.39. The molecule has 0 saturated heterocycles. The van der Waals surface area contributed by atoms with Gasteiger partial charge in [0.25, 0.3) is 0 Å². The van der Waals surface area contributed by atoms with E-state index in [1.807, 2.05) is 18.2 Å². The number of carbonyl (C=O) groups is 1. The summed E-state index contributed by atoms with van der Waals surface area (Å²) < 4.78 is 4.94. The van der Waals surface area contributed by atoms with Gasteiger partial charge in [0, 0.05) is 17.7 Å². The fraction of sp³-hybridized carbons (Fsp3) is 0.292. The molecule has 30 heavy (non-hydrogen) atoms. The van der Waals surface area contributed by atoms with Crippen LogP contribution in [0.2, 0.25) is 0 Å². The van der Waals surface area contributed by atoms with Crippen LogP contribution in [0.5, 0.6) is 0 Å². The van der Waals surface area contributed by atoms with Gasteiger partial charge in [-0.3, -0.25) is 4.79 Å². The second kappa shape index (κ2) is 7.44. The van der Waals surface area contributed by atoms with Gasteiger partial charge in [0.05, 0.1) is 6.04 Å². The van der Waals surface area contributed by atoms with Gasteiger partial charge in [-0.15, -0.1) is 0 Å². The maximum absolute atomic E-state index is 13.4. The summed E-state index contributed by atoms with van der Waals surface area (Å²) >= 11 is 0. The number of hydrogen-bond donors (Lipinski definition) is 2. The molecule has 0 radical (unpaired) electrons. The summed E-state index contributed by atoms with van der Waals surface area (Å²) in [5, 5.41) is 14.7. The molecular weight excluding hydrogens is 376 g/mol. The minimum atomic E-state index is -0.300. The number of hydrogen-bond acceptors (Lipinski definition) is 6. The SMILES string of the molecule is CC(C)c1ccc(C2Nc3nonc3NC3=C2C(=O)CC(c2ccccc2)C3)cc1. The Labute approximate surface area is 175 Å². The number of aromatic nitrogens is 2. The van der Waals surface area contributed by atoms with E-state index in [1.165, 1.54) is 11.1 Å². The third-order valence-electron chi connectivity index (χ3n) is 6.04. The number of nitrogens with one attached hydrogen (secondary N) is 2. The fourth-order valence-corrected chi connectivity index (χ4v) is 4.39. The van der Waals surface area contributed by atoms with Crippen LogP contribution in [-0.4, -0.2) is 16.1 Å². The van der Waals surface area contributed by atoms with E-state index >= 15 is 0 Å². The van der Waals surface area contributed by atoms with Gasteiger partial charge in [-0.05, 0) is 45.3 Å². The van der Waals surface area contributed by atoms with Gasteiger partial charge < -0.3 is 10.6 Å². The van der Waals surface area contributed by atoms with Gasteiger partial charge in [-0.25, -0.2) is 4.63 Å². The molecular formula is C24H24N4O2. The average molecular weight is 400 g/mol. The van der Waals surface area contributed by atoms with Crippen LogP contribution < -0.4 is 10.6 Å². The lowest BCUT2D eigenvalue weighted by atomic mass is 9.78. The summed E-state index contributed by atoms with van der Waals surface area (Å²) in [7, 11) is 0. The summed E-state index contributed by atoms with van der Waals surface area (Å²) in [6.45, 7) is 4.34. The van der Waals surface area contributed by atoms with Gasteiger partial charge in [-0.2, -0.15) is 0 Å². The Morgan fingerprint density at radius 1 is 0.933 bits per heavy atom. The van der Waals surface area contributed by atoms with Gasteiger partial charge >= 0.3 is 0 Å². The molecule has 1 aliphatic heterocycles. The molecule has 2 atom stereocenters. The highest BCUT2D eigenvalue weighted by Crippen LogP contribution is 2.43. The molecule has 6 nitrogen and oxygen atoms in total. The second-order valence-corrected chi connectivity index (χ2v) is 8.32. The number of benzene rings is 2. The molecule has 2 aromatic carbocycles. The van der Waals surface area contributed by atoms with Gasteiger partial charge in [0.15, 0.2) is 5.78 Å². The highest BCUT2D eigenvalue weighted by atomic mass is 16.6. The van der Waals surface area contributed by atoms with Crippen molar-refractivity contribution in [1.29, 1.82) is 0 Å². The van der Waals surface area contributed by atoms with Crippen LogP contribution in [0.3, 0.4) is 0 Å². The Morgan fingerprint density at radius 3 is 2.40 bits per heavy atom. The third-order valence-corrected chi connectivity index (χ3v) is 6.04. The van der Waals surface area contributed by atoms with Crippen molar-refractivity contribution >= 4 is 17.4 Å². The molecule has 5 rings (SSSR count). The maximum Gasteiger partial charge on any atom is 0.219 e. The van der Waals surface area contributed by atoms with E-state index in [0.29, 0.717) is 24.0 Å². The number of allylic oxidation sites excluding steroid dienone is 1. The number of ketones is 1. The Morgan fingerprint density at radius 2 is 1.67 bits per heavy atom. The monoisotopic (exact) mass is 400 g/mol. The smallest absolute Gasteiger partial charge is 0.219 e. The quantitative estimate of drug-likeness (QED) is 0.631. The van der Waals surface area contributed by atoms with Crippen molar-refractivity contribution in [2.75, 3.05) is 10.6 Å². The van der Waals surface area contributed by atoms with E-state index < -0.39 is 0 Å². The molecule has 152 valence electrons. The summed E-state index contributed by atoms with van der Waals surface area (Å²) in [6.07, 6.45) is 1.22. The van der Waals surface area contributed by atoms with Crippen molar-refractivity contribution in [2.45, 2.75) is 44.6 Å². The Kier molecular flexibility index (Phi) is 4.62. The number of Topliss-reactive ketones (excluding diaryl/α,β-unsaturated/α-hetero) is 1. The standard InChI is InChI=1S/C24H24N4O2/c1-14(2)15-8-10-17(11-9-15)22-21-19(25-23-24(26-22)28-30-27-23)12-18(13-20(21)29)16-6-4-3-5-7-16/h3-11,14,18,22H,12-13H2,1-2H3,(H,25,27)(H,26,28). The van der Waals surface area contributed by atoms with Crippen molar-refractivity contribution in [2.24, 2.45) is 0 Å². The summed E-state index contributed by atoms with van der Waals surface area (Å²) in [4.78, 5) is 13.4. The van der Waals surface area contributed by atoms with Crippen LogP contribution in [0.25, 0.3) is 0 Å². The first-order valence-corrected chi connectivity index (χ1v) is 10.4. The lowest BCUT2D eigenvalue weighted by Gasteiger charge is -2.29. The average Bonchev–Trinajstić information content (AvgIpc) is 3.13. The normalized spacial score (nSPS) is 20.8. The molecule has 3 aromatic rings. The van der Waals surface area contributed by atoms with E-state index in [9.17, 15) is 4.79 Å². The van der Waals surface area contributed by atoms with E-state index in [1.54, 1.807) is 0 Å². The van der Waals surface area contributed by atoms with Crippen LogP contribution in [0, 0.1) is 0 Å². The number of fused-ring (bicyclic) bond motifs is 1. The van der Waals surface area contributed by atoms with Gasteiger partial charge in [-0.1, -0.05) is 68.4 Å². The first-order valence-electron chi connectivity index (χ1n) is 10.4. The first kappa shape index (κ1) is 18.6. The van der Waals surface area contributed by atoms with Crippen LogP contribution in [-0.2, 0) is 4.79 Å². The van der Waals surface area contributed by atoms with Crippen molar-refractivity contribution in [1.82, 2.24) is 10.3 Å².